The Bertz CT molecular complexity index is 3430. The lowest BCUT2D eigenvalue weighted by Gasteiger charge is -2.32. The van der Waals surface area contributed by atoms with E-state index >= 15 is 0 Å². The fraction of sp³-hybridized carbons (Fsp3) is 0.0980. The fourth-order valence-corrected chi connectivity index (χ4v) is 9.96. The van der Waals surface area contributed by atoms with Gasteiger partial charge in [0.25, 0.3) is 0 Å². The molecule has 6 aromatic carbocycles. The normalized spacial score (nSPS) is 19.6. The summed E-state index contributed by atoms with van der Waals surface area (Å²) in [5.41, 5.74) is 12.2. The first-order chi connectivity index (χ1) is 28.1. The Labute approximate surface area is 327 Å². The first-order valence-corrected chi connectivity index (χ1v) is 19.3. The van der Waals surface area contributed by atoms with Crippen molar-refractivity contribution in [3.8, 4) is 23.6 Å². The number of fused-ring (bicyclic) bond motifs is 14. The van der Waals surface area contributed by atoms with E-state index in [4.69, 9.17) is 9.15 Å². The molecular weight excluding hydrogens is 701 g/mol. The number of aromatic nitrogens is 2. The van der Waals surface area contributed by atoms with Gasteiger partial charge in [-0.2, -0.15) is 10.5 Å². The molecule has 57 heavy (non-hydrogen) atoms. The molecule has 4 heterocycles. The van der Waals surface area contributed by atoms with E-state index in [1.807, 2.05) is 42.5 Å². The third-order valence-corrected chi connectivity index (χ3v) is 12.6. The summed E-state index contributed by atoms with van der Waals surface area (Å²) in [5, 5.41) is 26.2. The monoisotopic (exact) mass is 732 g/mol. The summed E-state index contributed by atoms with van der Waals surface area (Å²) in [6.45, 7) is 2.27. The number of furan rings is 1. The molecule has 2 unspecified atom stereocenters. The summed E-state index contributed by atoms with van der Waals surface area (Å²) in [6.07, 6.45) is 8.94. The van der Waals surface area contributed by atoms with Gasteiger partial charge in [-0.25, -0.2) is 0 Å². The van der Waals surface area contributed by atoms with Crippen LogP contribution in [0.2, 0.25) is 0 Å². The molecule has 0 spiro atoms. The van der Waals surface area contributed by atoms with E-state index in [1.54, 1.807) is 0 Å². The molecule has 3 aromatic heterocycles. The Kier molecular flexibility index (Phi) is 6.41. The number of para-hydroxylation sites is 4. The Morgan fingerprint density at radius 2 is 1.47 bits per heavy atom. The van der Waals surface area contributed by atoms with Gasteiger partial charge in [-0.05, 0) is 85.7 Å². The second-order valence-electron chi connectivity index (χ2n) is 15.6. The molecule has 3 aliphatic rings. The maximum absolute atomic E-state index is 10.4. The molecule has 3 atom stereocenters. The van der Waals surface area contributed by atoms with E-state index in [2.05, 4.69) is 137 Å². The predicted octanol–water partition coefficient (Wildman–Crippen LogP) is 12.4. The van der Waals surface area contributed by atoms with E-state index in [1.165, 1.54) is 5.56 Å². The number of nitriles is 2. The SMILES string of the molecule is C[C@@]12C=Cc3c(c4ccccc4n3C3=C(c4cc(C#N)ccc4-n4c5ccccc5c5c6oc7ccccc7c6ccc54)CC(C#N)C=C3)C1Oc1ccccc12. The number of nitrogens with zero attached hydrogens (tertiary/aromatic N) is 4. The van der Waals surface area contributed by atoms with Crippen molar-refractivity contribution in [1.29, 1.82) is 10.5 Å². The molecule has 1 aliphatic heterocycles. The van der Waals surface area contributed by atoms with Crippen LogP contribution in [0.3, 0.4) is 0 Å². The largest absolute Gasteiger partial charge is 0.484 e. The molecule has 0 radical (unpaired) electrons. The van der Waals surface area contributed by atoms with Crippen molar-refractivity contribution < 1.29 is 9.15 Å². The maximum Gasteiger partial charge on any atom is 0.145 e. The molecule has 6 heteroatoms. The number of rotatable bonds is 3. The lowest BCUT2D eigenvalue weighted by atomic mass is 9.73. The van der Waals surface area contributed by atoms with Crippen molar-refractivity contribution in [3.63, 3.8) is 0 Å². The Hall–Kier alpha value is -7.54. The third kappa shape index (κ3) is 4.22. The van der Waals surface area contributed by atoms with Crippen LogP contribution in [0.5, 0.6) is 5.75 Å². The van der Waals surface area contributed by atoms with Crippen LogP contribution in [0.1, 0.15) is 47.4 Å². The zero-order valence-corrected chi connectivity index (χ0v) is 30.9. The average molecular weight is 733 g/mol. The van der Waals surface area contributed by atoms with Crippen LogP contribution in [-0.4, -0.2) is 9.13 Å². The van der Waals surface area contributed by atoms with E-state index in [0.717, 1.165) is 94.2 Å². The molecule has 0 saturated heterocycles. The zero-order chi connectivity index (χ0) is 38.0. The number of hydrogen-bond donors (Lipinski definition) is 0. The third-order valence-electron chi connectivity index (χ3n) is 12.6. The van der Waals surface area contributed by atoms with Crippen LogP contribution < -0.4 is 4.74 Å². The average Bonchev–Trinajstić information content (AvgIpc) is 3.99. The van der Waals surface area contributed by atoms with E-state index in [-0.39, 0.29) is 17.4 Å². The van der Waals surface area contributed by atoms with E-state index in [0.29, 0.717) is 12.0 Å². The van der Waals surface area contributed by atoms with Crippen LogP contribution in [0.25, 0.3) is 77.7 Å². The Balaban J connectivity index is 1.16. The molecule has 9 aromatic rings. The minimum atomic E-state index is -0.347. The Morgan fingerprint density at radius 3 is 2.32 bits per heavy atom. The van der Waals surface area contributed by atoms with Crippen molar-refractivity contribution in [3.05, 3.63) is 174 Å². The predicted molar refractivity (Wildman–Crippen MR) is 227 cm³/mol. The van der Waals surface area contributed by atoms with Gasteiger partial charge in [0.2, 0.25) is 0 Å². The van der Waals surface area contributed by atoms with Gasteiger partial charge in [0.15, 0.2) is 0 Å². The van der Waals surface area contributed by atoms with Gasteiger partial charge in [-0.3, -0.25) is 0 Å². The van der Waals surface area contributed by atoms with Crippen molar-refractivity contribution >= 4 is 72.0 Å². The van der Waals surface area contributed by atoms with Gasteiger partial charge in [-0.15, -0.1) is 0 Å². The summed E-state index contributed by atoms with van der Waals surface area (Å²) >= 11 is 0. The highest BCUT2D eigenvalue weighted by Crippen LogP contribution is 2.57. The van der Waals surface area contributed by atoms with Gasteiger partial charge in [0.05, 0.1) is 62.4 Å². The molecule has 0 amide bonds. The molecule has 0 bridgehead atoms. The van der Waals surface area contributed by atoms with Gasteiger partial charge >= 0.3 is 0 Å². The summed E-state index contributed by atoms with van der Waals surface area (Å²) in [6, 6.07) is 48.8. The first kappa shape index (κ1) is 31.8. The number of ether oxygens (including phenoxy) is 1. The smallest absolute Gasteiger partial charge is 0.145 e. The number of benzene rings is 6. The number of hydrogen-bond acceptors (Lipinski definition) is 4. The summed E-state index contributed by atoms with van der Waals surface area (Å²) in [5.74, 6) is 0.567. The molecule has 0 saturated carbocycles. The van der Waals surface area contributed by atoms with Gasteiger partial charge < -0.3 is 18.3 Å². The van der Waals surface area contributed by atoms with Crippen molar-refractivity contribution in [2.45, 2.75) is 24.9 Å². The van der Waals surface area contributed by atoms with Crippen LogP contribution >= 0.6 is 0 Å². The highest BCUT2D eigenvalue weighted by atomic mass is 16.5. The van der Waals surface area contributed by atoms with Crippen LogP contribution in [0.4, 0.5) is 0 Å². The van der Waals surface area contributed by atoms with Crippen LogP contribution in [0.15, 0.2) is 150 Å². The molecule has 0 N–H and O–H groups in total. The number of allylic oxidation sites excluding steroid dienone is 4. The van der Waals surface area contributed by atoms with Crippen molar-refractivity contribution in [2.75, 3.05) is 0 Å². The second-order valence-corrected chi connectivity index (χ2v) is 15.6. The molecule has 6 nitrogen and oxygen atoms in total. The minimum Gasteiger partial charge on any atom is -0.484 e. The second kappa shape index (κ2) is 11.5. The van der Waals surface area contributed by atoms with E-state index < -0.39 is 0 Å². The topological polar surface area (TPSA) is 79.8 Å². The lowest BCUT2D eigenvalue weighted by molar-refractivity contribution is 0.183. The first-order valence-electron chi connectivity index (χ1n) is 19.3. The van der Waals surface area contributed by atoms with Crippen LogP contribution in [-0.2, 0) is 5.41 Å². The standard InChI is InChI=1S/C51H32N4O2/c1-51-25-24-44-48(50(51)57-46-17-9-5-13-38(46)51)35-12-3-7-15-40(35)55(44)42-22-19-31(29-53)27-37(42)36-26-30(28-52)18-21-41(36)54-39-14-6-2-11-34(39)47-43(54)23-20-33-32-10-4-8-16-45(32)56-49(33)47/h2-26,31,50H,27H2,1H3/t31?,50?,51-/m0/s1. The molecular formula is C51H32N4O2. The lowest BCUT2D eigenvalue weighted by Crippen LogP contribution is -2.29. The highest BCUT2D eigenvalue weighted by molar-refractivity contribution is 6.24. The molecule has 2 aliphatic carbocycles. The quantitative estimate of drug-likeness (QED) is 0.181. The van der Waals surface area contributed by atoms with Gasteiger partial charge in [0.1, 0.15) is 23.0 Å². The van der Waals surface area contributed by atoms with Crippen molar-refractivity contribution in [1.82, 2.24) is 9.13 Å². The Morgan fingerprint density at radius 1 is 0.719 bits per heavy atom. The molecule has 0 fully saturated rings. The zero-order valence-electron chi connectivity index (χ0n) is 30.9. The molecule has 12 rings (SSSR count). The maximum atomic E-state index is 10.4. The summed E-state index contributed by atoms with van der Waals surface area (Å²) in [7, 11) is 0. The van der Waals surface area contributed by atoms with E-state index in [9.17, 15) is 10.5 Å². The van der Waals surface area contributed by atoms with Gasteiger partial charge in [-0.1, -0.05) is 84.9 Å². The fourth-order valence-electron chi connectivity index (χ4n) is 9.96. The van der Waals surface area contributed by atoms with Crippen LogP contribution in [0, 0.1) is 28.6 Å². The highest BCUT2D eigenvalue weighted by Gasteiger charge is 2.48. The minimum absolute atomic E-state index is 0.213. The molecule has 268 valence electrons. The van der Waals surface area contributed by atoms with Crippen molar-refractivity contribution in [2.24, 2.45) is 5.92 Å². The summed E-state index contributed by atoms with van der Waals surface area (Å²) in [4.78, 5) is 0. The van der Waals surface area contributed by atoms with Gasteiger partial charge in [0, 0.05) is 43.9 Å². The summed E-state index contributed by atoms with van der Waals surface area (Å²) < 4.78 is 18.1.